The zero-order valence-electron chi connectivity index (χ0n) is 11.7. The first-order chi connectivity index (χ1) is 10.0. The number of aromatic hydroxyl groups is 1. The van der Waals surface area contributed by atoms with E-state index in [1.54, 1.807) is 31.2 Å². The fraction of sp³-hybridized carbons (Fsp3) is 0.125. The van der Waals surface area contributed by atoms with Crippen molar-refractivity contribution in [1.82, 2.24) is 0 Å². The van der Waals surface area contributed by atoms with Crippen molar-refractivity contribution in [2.24, 2.45) is 0 Å². The van der Waals surface area contributed by atoms with E-state index in [0.717, 1.165) is 0 Å². The lowest BCUT2D eigenvalue weighted by Gasteiger charge is -2.11. The van der Waals surface area contributed by atoms with Gasteiger partial charge in [0.2, 0.25) is 0 Å². The van der Waals surface area contributed by atoms with Crippen LogP contribution in [0.25, 0.3) is 0 Å². The van der Waals surface area contributed by atoms with Gasteiger partial charge in [0, 0.05) is 11.6 Å². The number of anilines is 1. The lowest BCUT2D eigenvalue weighted by atomic mass is 10.1. The second-order valence-corrected chi connectivity index (χ2v) is 4.48. The van der Waals surface area contributed by atoms with Crippen LogP contribution in [-0.4, -0.2) is 18.1 Å². The molecule has 0 atom stereocenters. The third-order valence-electron chi connectivity index (χ3n) is 3.03. The molecule has 2 N–H and O–H groups in total. The average molecular weight is 282 g/mol. The molecule has 5 heteroatoms. The number of aryl methyl sites for hydroxylation is 1. The highest BCUT2D eigenvalue weighted by Gasteiger charge is 2.12. The fourth-order valence-corrected chi connectivity index (χ4v) is 1.96. The molecular weight excluding hydrogens is 268 g/mol. The summed E-state index contributed by atoms with van der Waals surface area (Å²) in [6.45, 7) is 1.74. The van der Waals surface area contributed by atoms with Crippen LogP contribution in [0.1, 0.15) is 21.5 Å². The number of carbonyl (C=O) groups excluding carboxylic acids is 1. The minimum atomic E-state index is -0.310. The molecule has 2 aromatic carbocycles. The summed E-state index contributed by atoms with van der Waals surface area (Å²) in [6, 6.07) is 11.3. The maximum atomic E-state index is 12.3. The van der Waals surface area contributed by atoms with Crippen molar-refractivity contribution in [2.75, 3.05) is 12.4 Å². The molecule has 2 rings (SSSR count). The van der Waals surface area contributed by atoms with Crippen LogP contribution in [0.3, 0.4) is 0 Å². The molecule has 0 unspecified atom stereocenters. The minimum absolute atomic E-state index is 0.111. The predicted molar refractivity (Wildman–Crippen MR) is 78.5 cm³/mol. The summed E-state index contributed by atoms with van der Waals surface area (Å²) < 4.78 is 5.17. The molecule has 0 spiro atoms. The number of nitrogens with one attached hydrogen (secondary N) is 1. The van der Waals surface area contributed by atoms with Crippen LogP contribution in [0.5, 0.6) is 11.5 Å². The van der Waals surface area contributed by atoms with Crippen LogP contribution in [0.15, 0.2) is 36.4 Å². The summed E-state index contributed by atoms with van der Waals surface area (Å²) in [4.78, 5) is 12.3. The highest BCUT2D eigenvalue weighted by Crippen LogP contribution is 2.26. The number of nitriles is 1. The Kier molecular flexibility index (Phi) is 4.10. The predicted octanol–water partition coefficient (Wildman–Crippen LogP) is 2.83. The van der Waals surface area contributed by atoms with E-state index in [4.69, 9.17) is 10.00 Å². The molecule has 0 aliphatic rings. The molecule has 0 saturated heterocycles. The molecule has 0 aromatic heterocycles. The van der Waals surface area contributed by atoms with E-state index in [9.17, 15) is 9.90 Å². The van der Waals surface area contributed by atoms with Crippen molar-refractivity contribution in [1.29, 1.82) is 5.26 Å². The Bertz CT molecular complexity index is 733. The standard InChI is InChI=1S/C16H14N2O3/c1-10-7-12(19)4-5-13(10)16(20)18-14-6-3-11(9-17)8-15(14)21-2/h3-8,19H,1-2H3,(H,18,20). The van der Waals surface area contributed by atoms with E-state index in [-0.39, 0.29) is 11.7 Å². The van der Waals surface area contributed by atoms with Gasteiger partial charge in [-0.3, -0.25) is 4.79 Å². The van der Waals surface area contributed by atoms with Gasteiger partial charge in [-0.1, -0.05) is 0 Å². The number of phenolic OH excluding ortho intramolecular Hbond substituents is 1. The van der Waals surface area contributed by atoms with Gasteiger partial charge in [-0.05, 0) is 42.8 Å². The summed E-state index contributed by atoms with van der Waals surface area (Å²) in [5, 5.41) is 21.0. The van der Waals surface area contributed by atoms with E-state index < -0.39 is 0 Å². The Balaban J connectivity index is 2.29. The summed E-state index contributed by atoms with van der Waals surface area (Å²) >= 11 is 0. The SMILES string of the molecule is COc1cc(C#N)ccc1NC(=O)c1ccc(O)cc1C. The average Bonchev–Trinajstić information content (AvgIpc) is 2.47. The largest absolute Gasteiger partial charge is 0.508 e. The van der Waals surface area contributed by atoms with Crippen molar-refractivity contribution in [3.63, 3.8) is 0 Å². The van der Waals surface area contributed by atoms with Crippen molar-refractivity contribution in [2.45, 2.75) is 6.92 Å². The third kappa shape index (κ3) is 3.12. The molecule has 0 fully saturated rings. The number of methoxy groups -OCH3 is 1. The van der Waals surface area contributed by atoms with Crippen LogP contribution < -0.4 is 10.1 Å². The van der Waals surface area contributed by atoms with Crippen LogP contribution in [0.4, 0.5) is 5.69 Å². The second kappa shape index (κ2) is 5.97. The maximum Gasteiger partial charge on any atom is 0.256 e. The molecule has 21 heavy (non-hydrogen) atoms. The van der Waals surface area contributed by atoms with Crippen LogP contribution in [-0.2, 0) is 0 Å². The summed E-state index contributed by atoms with van der Waals surface area (Å²) in [5.41, 5.74) is 2.05. The normalized spacial score (nSPS) is 9.76. The van der Waals surface area contributed by atoms with E-state index in [0.29, 0.717) is 28.1 Å². The summed E-state index contributed by atoms with van der Waals surface area (Å²) in [6.07, 6.45) is 0. The van der Waals surface area contributed by atoms with Crippen LogP contribution in [0.2, 0.25) is 0 Å². The van der Waals surface area contributed by atoms with Gasteiger partial charge in [-0.25, -0.2) is 0 Å². The van der Waals surface area contributed by atoms with Gasteiger partial charge in [0.1, 0.15) is 11.5 Å². The maximum absolute atomic E-state index is 12.3. The molecule has 5 nitrogen and oxygen atoms in total. The fourth-order valence-electron chi connectivity index (χ4n) is 1.96. The monoisotopic (exact) mass is 282 g/mol. The second-order valence-electron chi connectivity index (χ2n) is 4.48. The molecule has 0 aliphatic heterocycles. The number of rotatable bonds is 3. The Morgan fingerprint density at radius 1 is 1.29 bits per heavy atom. The van der Waals surface area contributed by atoms with Gasteiger partial charge in [0.15, 0.2) is 0 Å². The van der Waals surface area contributed by atoms with Crippen molar-refractivity contribution in [3.8, 4) is 17.6 Å². The van der Waals surface area contributed by atoms with Gasteiger partial charge in [-0.2, -0.15) is 5.26 Å². The highest BCUT2D eigenvalue weighted by molar-refractivity contribution is 6.06. The number of amides is 1. The topological polar surface area (TPSA) is 82.3 Å². The number of hydrogen-bond acceptors (Lipinski definition) is 4. The van der Waals surface area contributed by atoms with Gasteiger partial charge in [0.25, 0.3) is 5.91 Å². The highest BCUT2D eigenvalue weighted by atomic mass is 16.5. The van der Waals surface area contributed by atoms with Crippen molar-refractivity contribution < 1.29 is 14.6 Å². The molecule has 2 aromatic rings. The number of benzene rings is 2. The smallest absolute Gasteiger partial charge is 0.256 e. The van der Waals surface area contributed by atoms with Crippen molar-refractivity contribution >= 4 is 11.6 Å². The van der Waals surface area contributed by atoms with Gasteiger partial charge in [-0.15, -0.1) is 0 Å². The molecule has 0 radical (unpaired) electrons. The summed E-state index contributed by atoms with van der Waals surface area (Å²) in [7, 11) is 1.47. The molecule has 106 valence electrons. The van der Waals surface area contributed by atoms with Gasteiger partial charge < -0.3 is 15.2 Å². The first-order valence-corrected chi connectivity index (χ1v) is 6.24. The third-order valence-corrected chi connectivity index (χ3v) is 3.03. The van der Waals surface area contributed by atoms with E-state index in [1.165, 1.54) is 19.2 Å². The molecule has 0 aliphatic carbocycles. The van der Waals surface area contributed by atoms with E-state index >= 15 is 0 Å². The number of phenols is 1. The quantitative estimate of drug-likeness (QED) is 0.906. The Labute approximate surface area is 122 Å². The molecule has 1 amide bonds. The van der Waals surface area contributed by atoms with Gasteiger partial charge in [0.05, 0.1) is 24.4 Å². The summed E-state index contributed by atoms with van der Waals surface area (Å²) in [5.74, 6) is 0.217. The molecule has 0 bridgehead atoms. The number of ether oxygens (including phenoxy) is 1. The van der Waals surface area contributed by atoms with E-state index in [2.05, 4.69) is 5.32 Å². The minimum Gasteiger partial charge on any atom is -0.508 e. The van der Waals surface area contributed by atoms with Gasteiger partial charge >= 0.3 is 0 Å². The Hall–Kier alpha value is -3.00. The van der Waals surface area contributed by atoms with Crippen LogP contribution >= 0.6 is 0 Å². The lowest BCUT2D eigenvalue weighted by molar-refractivity contribution is 0.102. The zero-order valence-corrected chi connectivity index (χ0v) is 11.7. The Morgan fingerprint density at radius 3 is 2.67 bits per heavy atom. The first-order valence-electron chi connectivity index (χ1n) is 6.24. The first kappa shape index (κ1) is 14.4. The molecule has 0 heterocycles. The Morgan fingerprint density at radius 2 is 2.05 bits per heavy atom. The van der Waals surface area contributed by atoms with Crippen molar-refractivity contribution in [3.05, 3.63) is 53.1 Å². The number of carbonyl (C=O) groups is 1. The molecular formula is C16H14N2O3. The van der Waals surface area contributed by atoms with Crippen LogP contribution in [0, 0.1) is 18.3 Å². The zero-order chi connectivity index (χ0) is 15.4. The number of nitrogens with zero attached hydrogens (tertiary/aromatic N) is 1. The lowest BCUT2D eigenvalue weighted by Crippen LogP contribution is -2.14. The van der Waals surface area contributed by atoms with E-state index in [1.807, 2.05) is 6.07 Å². The molecule has 0 saturated carbocycles. The number of hydrogen-bond donors (Lipinski definition) is 2.